The lowest BCUT2D eigenvalue weighted by Gasteiger charge is -2.09. The highest BCUT2D eigenvalue weighted by molar-refractivity contribution is 6.31. The van der Waals surface area contributed by atoms with E-state index in [4.69, 9.17) is 11.6 Å². The summed E-state index contributed by atoms with van der Waals surface area (Å²) in [5.74, 6) is -0.237. The average Bonchev–Trinajstić information content (AvgIpc) is 3.13. The number of para-hydroxylation sites is 1. The van der Waals surface area contributed by atoms with Crippen LogP contribution in [0.2, 0.25) is 5.02 Å². The third-order valence-corrected chi connectivity index (χ3v) is 4.62. The molecule has 4 aromatic rings. The summed E-state index contributed by atoms with van der Waals surface area (Å²) in [5, 5.41) is 15.4. The molecule has 0 fully saturated rings. The van der Waals surface area contributed by atoms with Crippen molar-refractivity contribution in [3.05, 3.63) is 71.1 Å². The summed E-state index contributed by atoms with van der Waals surface area (Å²) >= 11 is 6.21. The van der Waals surface area contributed by atoms with Gasteiger partial charge in [-0.3, -0.25) is 15.6 Å². The maximum atomic E-state index is 12.3. The van der Waals surface area contributed by atoms with E-state index in [2.05, 4.69) is 25.9 Å². The summed E-state index contributed by atoms with van der Waals surface area (Å²) in [5.41, 5.74) is 7.69. The van der Waals surface area contributed by atoms with E-state index in [-0.39, 0.29) is 11.3 Å². The molecular weight excluding hydrogens is 380 g/mol. The summed E-state index contributed by atoms with van der Waals surface area (Å²) in [7, 11) is 0. The Kier molecular flexibility index (Phi) is 4.54. The number of phenols is 1. The number of carbonyl (C=O) groups is 1. The van der Waals surface area contributed by atoms with Gasteiger partial charge in [-0.05, 0) is 36.8 Å². The Balaban J connectivity index is 1.62. The van der Waals surface area contributed by atoms with E-state index in [1.807, 2.05) is 19.1 Å². The molecular formula is C19H15ClN6O2. The Morgan fingerprint density at radius 2 is 2.00 bits per heavy atom. The number of rotatable bonds is 4. The molecule has 0 unspecified atom stereocenters. The second-order valence-electron chi connectivity index (χ2n) is 6.05. The van der Waals surface area contributed by atoms with Gasteiger partial charge >= 0.3 is 0 Å². The molecule has 9 heteroatoms. The molecule has 0 aliphatic carbocycles. The lowest BCUT2D eigenvalue weighted by atomic mass is 10.2. The molecule has 2 aromatic heterocycles. The van der Waals surface area contributed by atoms with Gasteiger partial charge in [0.1, 0.15) is 12.1 Å². The Morgan fingerprint density at radius 3 is 2.79 bits per heavy atom. The Bertz CT molecular complexity index is 1190. The lowest BCUT2D eigenvalue weighted by molar-refractivity contribution is 0.0960. The van der Waals surface area contributed by atoms with Crippen molar-refractivity contribution in [1.82, 2.24) is 25.2 Å². The van der Waals surface area contributed by atoms with Crippen molar-refractivity contribution < 1.29 is 9.90 Å². The maximum Gasteiger partial charge on any atom is 0.273 e. The third kappa shape index (κ3) is 3.21. The molecule has 2 aromatic carbocycles. The summed E-state index contributed by atoms with van der Waals surface area (Å²) in [4.78, 5) is 20.7. The highest BCUT2D eigenvalue weighted by atomic mass is 35.5. The van der Waals surface area contributed by atoms with E-state index in [1.165, 1.54) is 18.5 Å². The Labute approximate surface area is 164 Å². The molecule has 0 saturated carbocycles. The predicted molar refractivity (Wildman–Crippen MR) is 106 cm³/mol. The van der Waals surface area contributed by atoms with Crippen LogP contribution in [0.1, 0.15) is 15.9 Å². The van der Waals surface area contributed by atoms with Crippen LogP contribution in [-0.4, -0.2) is 30.8 Å². The standard InChI is InChI=1S/C19H15ClN6O2/c1-11-6-7-12(8-15(11)20)26-18-14(9-23-26)17(21-10-22-18)24-25-19(28)13-4-2-3-5-16(13)27/h2-10,27H,1H3,(H,25,28)(H,21,22,24). The number of carbonyl (C=O) groups excluding carboxylic acids is 1. The van der Waals surface area contributed by atoms with Crippen LogP contribution >= 0.6 is 11.6 Å². The molecule has 28 heavy (non-hydrogen) atoms. The first-order valence-electron chi connectivity index (χ1n) is 8.34. The van der Waals surface area contributed by atoms with Gasteiger partial charge in [-0.25, -0.2) is 14.6 Å². The van der Waals surface area contributed by atoms with Crippen LogP contribution in [-0.2, 0) is 0 Å². The lowest BCUT2D eigenvalue weighted by Crippen LogP contribution is -2.30. The van der Waals surface area contributed by atoms with Crippen LogP contribution in [0, 0.1) is 6.92 Å². The molecule has 8 nitrogen and oxygen atoms in total. The van der Waals surface area contributed by atoms with Gasteiger partial charge in [-0.1, -0.05) is 29.8 Å². The highest BCUT2D eigenvalue weighted by Crippen LogP contribution is 2.24. The first-order valence-corrected chi connectivity index (χ1v) is 8.72. The number of benzene rings is 2. The molecule has 3 N–H and O–H groups in total. The summed E-state index contributed by atoms with van der Waals surface area (Å²) in [6.45, 7) is 1.92. The Hall–Kier alpha value is -3.65. The topological polar surface area (TPSA) is 105 Å². The fourth-order valence-corrected chi connectivity index (χ4v) is 2.87. The normalized spacial score (nSPS) is 10.8. The van der Waals surface area contributed by atoms with Crippen LogP contribution in [0.3, 0.4) is 0 Å². The van der Waals surface area contributed by atoms with Gasteiger partial charge in [0, 0.05) is 5.02 Å². The van der Waals surface area contributed by atoms with Gasteiger partial charge in [0.05, 0.1) is 22.8 Å². The number of hydrogen-bond donors (Lipinski definition) is 3. The minimum Gasteiger partial charge on any atom is -0.507 e. The quantitative estimate of drug-likeness (QED) is 0.459. The number of hydrogen-bond acceptors (Lipinski definition) is 6. The number of aromatic nitrogens is 4. The van der Waals surface area contributed by atoms with Crippen molar-refractivity contribution in [3.8, 4) is 11.4 Å². The summed E-state index contributed by atoms with van der Waals surface area (Å²) in [6, 6.07) is 11.8. The number of aryl methyl sites for hydroxylation is 1. The fraction of sp³-hybridized carbons (Fsp3) is 0.0526. The van der Waals surface area contributed by atoms with Crippen molar-refractivity contribution in [1.29, 1.82) is 0 Å². The van der Waals surface area contributed by atoms with Crippen molar-refractivity contribution in [3.63, 3.8) is 0 Å². The van der Waals surface area contributed by atoms with E-state index in [9.17, 15) is 9.90 Å². The number of anilines is 1. The number of amides is 1. The van der Waals surface area contributed by atoms with Crippen molar-refractivity contribution >= 4 is 34.4 Å². The zero-order valence-corrected chi connectivity index (χ0v) is 15.5. The fourth-order valence-electron chi connectivity index (χ4n) is 2.70. The first kappa shape index (κ1) is 17.7. The molecule has 140 valence electrons. The number of nitrogens with zero attached hydrogens (tertiary/aromatic N) is 4. The number of aromatic hydroxyl groups is 1. The smallest absolute Gasteiger partial charge is 0.273 e. The molecule has 0 bridgehead atoms. The maximum absolute atomic E-state index is 12.3. The second kappa shape index (κ2) is 7.16. The summed E-state index contributed by atoms with van der Waals surface area (Å²) < 4.78 is 1.64. The van der Waals surface area contributed by atoms with Crippen LogP contribution in [0.15, 0.2) is 55.0 Å². The minimum atomic E-state index is -0.498. The number of nitrogens with one attached hydrogen (secondary N) is 2. The second-order valence-corrected chi connectivity index (χ2v) is 6.45. The van der Waals surface area contributed by atoms with E-state index in [0.717, 1.165) is 11.3 Å². The van der Waals surface area contributed by atoms with Crippen molar-refractivity contribution in [2.45, 2.75) is 6.92 Å². The SMILES string of the molecule is Cc1ccc(-n2ncc3c(NNC(=O)c4ccccc4O)ncnc32)cc1Cl. The third-order valence-electron chi connectivity index (χ3n) is 4.21. The molecule has 2 heterocycles. The van der Waals surface area contributed by atoms with Gasteiger partial charge in [-0.15, -0.1) is 0 Å². The zero-order chi connectivity index (χ0) is 19.7. The Morgan fingerprint density at radius 1 is 1.18 bits per heavy atom. The predicted octanol–water partition coefficient (Wildman–Crippen LogP) is 3.24. The molecule has 0 aliphatic rings. The van der Waals surface area contributed by atoms with Crippen LogP contribution in [0.25, 0.3) is 16.7 Å². The van der Waals surface area contributed by atoms with Crippen LogP contribution in [0.5, 0.6) is 5.75 Å². The largest absolute Gasteiger partial charge is 0.507 e. The molecule has 0 aliphatic heterocycles. The highest BCUT2D eigenvalue weighted by Gasteiger charge is 2.14. The van der Waals surface area contributed by atoms with Crippen molar-refractivity contribution in [2.24, 2.45) is 0 Å². The molecule has 4 rings (SSSR count). The molecule has 0 atom stereocenters. The van der Waals surface area contributed by atoms with E-state index < -0.39 is 5.91 Å². The monoisotopic (exact) mass is 394 g/mol. The van der Waals surface area contributed by atoms with Gasteiger partial charge < -0.3 is 5.11 Å². The average molecular weight is 395 g/mol. The molecule has 1 amide bonds. The number of hydrazine groups is 1. The van der Waals surface area contributed by atoms with Crippen LogP contribution < -0.4 is 10.9 Å². The summed E-state index contributed by atoms with van der Waals surface area (Å²) in [6.07, 6.45) is 2.96. The zero-order valence-electron chi connectivity index (χ0n) is 14.7. The first-order chi connectivity index (χ1) is 13.5. The van der Waals surface area contributed by atoms with E-state index in [0.29, 0.717) is 21.9 Å². The van der Waals surface area contributed by atoms with Gasteiger partial charge in [0.25, 0.3) is 5.91 Å². The number of fused-ring (bicyclic) bond motifs is 1. The van der Waals surface area contributed by atoms with E-state index in [1.54, 1.807) is 29.1 Å². The van der Waals surface area contributed by atoms with Gasteiger partial charge in [-0.2, -0.15) is 5.10 Å². The van der Waals surface area contributed by atoms with E-state index >= 15 is 0 Å². The number of phenolic OH excluding ortho intramolecular Hbond substituents is 1. The molecule has 0 spiro atoms. The minimum absolute atomic E-state index is 0.112. The molecule has 0 radical (unpaired) electrons. The molecule has 0 saturated heterocycles. The van der Waals surface area contributed by atoms with Crippen LogP contribution in [0.4, 0.5) is 5.82 Å². The van der Waals surface area contributed by atoms with Gasteiger partial charge in [0.15, 0.2) is 11.5 Å². The number of halogens is 1. The van der Waals surface area contributed by atoms with Crippen molar-refractivity contribution in [2.75, 3.05) is 5.43 Å². The van der Waals surface area contributed by atoms with Gasteiger partial charge in [0.2, 0.25) is 0 Å².